The summed E-state index contributed by atoms with van der Waals surface area (Å²) in [6.07, 6.45) is 0. The summed E-state index contributed by atoms with van der Waals surface area (Å²) in [5.41, 5.74) is 5.78. The monoisotopic (exact) mass is 270 g/mol. The van der Waals surface area contributed by atoms with Crippen molar-refractivity contribution in [2.45, 2.75) is 24.3 Å². The molecule has 0 aromatic heterocycles. The fourth-order valence-corrected chi connectivity index (χ4v) is 2.51. The highest BCUT2D eigenvalue weighted by atomic mass is 32.2. The van der Waals surface area contributed by atoms with Crippen LogP contribution >= 0.6 is 11.8 Å². The van der Waals surface area contributed by atoms with Gasteiger partial charge in [0.1, 0.15) is 5.82 Å². The van der Waals surface area contributed by atoms with Crippen LogP contribution in [0.15, 0.2) is 24.3 Å². The smallest absolute Gasteiger partial charge is 0.318 e. The van der Waals surface area contributed by atoms with Crippen LogP contribution in [0, 0.1) is 5.82 Å². The first kappa shape index (κ1) is 14.5. The second-order valence-electron chi connectivity index (χ2n) is 3.83. The summed E-state index contributed by atoms with van der Waals surface area (Å²) in [6, 6.07) is 5.24. The third-order valence-electron chi connectivity index (χ3n) is 2.36. The molecule has 18 heavy (non-hydrogen) atoms. The van der Waals surface area contributed by atoms with Gasteiger partial charge in [0, 0.05) is 5.25 Å². The van der Waals surface area contributed by atoms with Gasteiger partial charge in [-0.05, 0) is 31.5 Å². The lowest BCUT2D eigenvalue weighted by Gasteiger charge is -2.16. The molecule has 4 nitrogen and oxygen atoms in total. The highest BCUT2D eigenvalue weighted by Gasteiger charge is 2.18. The lowest BCUT2D eigenvalue weighted by atomic mass is 10.2. The standard InChI is InChI=1S/C12H15FN2O2S/c1-7(9-3-5-10(13)6-4-9)18-8(2)11(16)15-12(14)17/h3-8H,1-2H3,(H3,14,15,16,17)/t7-,8+/m1/s1. The maximum absolute atomic E-state index is 12.8. The lowest BCUT2D eigenvalue weighted by Crippen LogP contribution is -2.39. The van der Waals surface area contributed by atoms with Gasteiger partial charge in [-0.25, -0.2) is 9.18 Å². The minimum Gasteiger partial charge on any atom is -0.351 e. The number of primary amides is 1. The van der Waals surface area contributed by atoms with Crippen molar-refractivity contribution in [2.24, 2.45) is 5.73 Å². The Morgan fingerprint density at radius 3 is 2.33 bits per heavy atom. The van der Waals surface area contributed by atoms with Gasteiger partial charge in [0.25, 0.3) is 0 Å². The van der Waals surface area contributed by atoms with E-state index in [2.05, 4.69) is 0 Å². The van der Waals surface area contributed by atoms with Crippen molar-refractivity contribution >= 4 is 23.7 Å². The Morgan fingerprint density at radius 1 is 1.28 bits per heavy atom. The predicted molar refractivity (Wildman–Crippen MR) is 69.6 cm³/mol. The first-order valence-electron chi connectivity index (χ1n) is 5.41. The molecule has 0 heterocycles. The van der Waals surface area contributed by atoms with Crippen LogP contribution in [0.2, 0.25) is 0 Å². The molecule has 1 aromatic carbocycles. The van der Waals surface area contributed by atoms with Crippen molar-refractivity contribution < 1.29 is 14.0 Å². The fourth-order valence-electron chi connectivity index (χ4n) is 1.40. The van der Waals surface area contributed by atoms with E-state index < -0.39 is 17.2 Å². The number of carbonyl (C=O) groups excluding carboxylic acids is 2. The van der Waals surface area contributed by atoms with Gasteiger partial charge in [-0.3, -0.25) is 10.1 Å². The average Bonchev–Trinajstić information content (AvgIpc) is 2.28. The Kier molecular flexibility index (Phi) is 5.15. The number of carbonyl (C=O) groups is 2. The average molecular weight is 270 g/mol. The number of halogens is 1. The van der Waals surface area contributed by atoms with Crippen molar-refractivity contribution in [3.05, 3.63) is 35.6 Å². The molecule has 0 saturated heterocycles. The summed E-state index contributed by atoms with van der Waals surface area (Å²) in [6.45, 7) is 3.59. The first-order valence-corrected chi connectivity index (χ1v) is 6.35. The van der Waals surface area contributed by atoms with Gasteiger partial charge < -0.3 is 5.73 Å². The number of hydrogen-bond donors (Lipinski definition) is 2. The number of imide groups is 1. The van der Waals surface area contributed by atoms with Crippen LogP contribution in [0.3, 0.4) is 0 Å². The largest absolute Gasteiger partial charge is 0.351 e. The number of urea groups is 1. The van der Waals surface area contributed by atoms with Gasteiger partial charge in [-0.1, -0.05) is 12.1 Å². The first-order chi connectivity index (χ1) is 8.40. The molecule has 6 heteroatoms. The molecular formula is C12H15FN2O2S. The summed E-state index contributed by atoms with van der Waals surface area (Å²) in [4.78, 5) is 22.0. The van der Waals surface area contributed by atoms with Crippen molar-refractivity contribution in [3.8, 4) is 0 Å². The molecule has 0 aliphatic rings. The predicted octanol–water partition coefficient (Wildman–Crippen LogP) is 2.20. The molecule has 0 aliphatic carbocycles. The highest BCUT2D eigenvalue weighted by Crippen LogP contribution is 2.31. The minimum absolute atomic E-state index is 0.0132. The van der Waals surface area contributed by atoms with E-state index in [1.165, 1.54) is 23.9 Å². The zero-order valence-electron chi connectivity index (χ0n) is 10.1. The quantitative estimate of drug-likeness (QED) is 0.881. The van der Waals surface area contributed by atoms with E-state index in [9.17, 15) is 14.0 Å². The third kappa shape index (κ3) is 4.37. The Morgan fingerprint density at radius 2 is 1.83 bits per heavy atom. The van der Waals surface area contributed by atoms with E-state index in [0.717, 1.165) is 5.56 Å². The molecule has 1 rings (SSSR count). The van der Waals surface area contributed by atoms with Crippen LogP contribution in [0.5, 0.6) is 0 Å². The van der Waals surface area contributed by atoms with Gasteiger partial charge >= 0.3 is 6.03 Å². The minimum atomic E-state index is -0.859. The molecule has 0 bridgehead atoms. The summed E-state index contributed by atoms with van der Waals surface area (Å²) < 4.78 is 12.8. The Labute approximate surface area is 109 Å². The fraction of sp³-hybridized carbons (Fsp3) is 0.333. The third-order valence-corrected chi connectivity index (χ3v) is 3.67. The number of amides is 3. The Balaban J connectivity index is 2.58. The SMILES string of the molecule is C[C@H](S[C@H](C)c1ccc(F)cc1)C(=O)NC(N)=O. The second kappa shape index (κ2) is 6.39. The van der Waals surface area contributed by atoms with E-state index in [-0.39, 0.29) is 11.1 Å². The normalized spacial score (nSPS) is 13.7. The molecular weight excluding hydrogens is 255 g/mol. The van der Waals surface area contributed by atoms with Gasteiger partial charge in [-0.2, -0.15) is 0 Å². The number of benzene rings is 1. The van der Waals surface area contributed by atoms with Gasteiger partial charge in [0.15, 0.2) is 0 Å². The molecule has 0 radical (unpaired) electrons. The number of nitrogens with two attached hydrogens (primary N) is 1. The van der Waals surface area contributed by atoms with E-state index >= 15 is 0 Å². The number of hydrogen-bond acceptors (Lipinski definition) is 3. The molecule has 0 saturated carbocycles. The molecule has 0 unspecified atom stereocenters. The lowest BCUT2D eigenvalue weighted by molar-refractivity contribution is -0.119. The van der Waals surface area contributed by atoms with Crippen molar-refractivity contribution in [1.29, 1.82) is 0 Å². The Bertz CT molecular complexity index is 436. The number of nitrogens with one attached hydrogen (secondary N) is 1. The topological polar surface area (TPSA) is 72.2 Å². The highest BCUT2D eigenvalue weighted by molar-refractivity contribution is 8.00. The summed E-state index contributed by atoms with van der Waals surface area (Å²) in [5, 5.41) is 1.62. The number of thioether (sulfide) groups is 1. The summed E-state index contributed by atoms with van der Waals surface area (Å²) >= 11 is 1.37. The maximum Gasteiger partial charge on any atom is 0.318 e. The molecule has 3 N–H and O–H groups in total. The van der Waals surface area contributed by atoms with E-state index in [1.807, 2.05) is 12.2 Å². The molecule has 0 aliphatic heterocycles. The van der Waals surface area contributed by atoms with Gasteiger partial charge in [0.05, 0.1) is 5.25 Å². The Hall–Kier alpha value is -1.56. The maximum atomic E-state index is 12.8. The summed E-state index contributed by atoms with van der Waals surface area (Å²) in [7, 11) is 0. The van der Waals surface area contributed by atoms with E-state index in [4.69, 9.17) is 5.73 Å². The van der Waals surface area contributed by atoms with Crippen LogP contribution < -0.4 is 11.1 Å². The van der Waals surface area contributed by atoms with Crippen LogP contribution in [0.4, 0.5) is 9.18 Å². The van der Waals surface area contributed by atoms with Crippen LogP contribution in [0.1, 0.15) is 24.7 Å². The second-order valence-corrected chi connectivity index (χ2v) is 5.51. The molecule has 0 fully saturated rings. The molecule has 98 valence electrons. The molecule has 0 spiro atoms. The zero-order valence-corrected chi connectivity index (χ0v) is 11.0. The zero-order chi connectivity index (χ0) is 13.7. The van der Waals surface area contributed by atoms with Crippen molar-refractivity contribution in [3.63, 3.8) is 0 Å². The van der Waals surface area contributed by atoms with E-state index in [0.29, 0.717) is 0 Å². The van der Waals surface area contributed by atoms with Crippen molar-refractivity contribution in [1.82, 2.24) is 5.32 Å². The van der Waals surface area contributed by atoms with Crippen LogP contribution in [0.25, 0.3) is 0 Å². The van der Waals surface area contributed by atoms with Crippen molar-refractivity contribution in [2.75, 3.05) is 0 Å². The number of rotatable bonds is 4. The van der Waals surface area contributed by atoms with Crippen LogP contribution in [-0.4, -0.2) is 17.2 Å². The van der Waals surface area contributed by atoms with Gasteiger partial charge in [0.2, 0.25) is 5.91 Å². The van der Waals surface area contributed by atoms with Crippen LogP contribution in [-0.2, 0) is 4.79 Å². The van der Waals surface area contributed by atoms with Gasteiger partial charge in [-0.15, -0.1) is 11.8 Å². The molecule has 3 amide bonds. The van der Waals surface area contributed by atoms with E-state index in [1.54, 1.807) is 19.1 Å². The summed E-state index contributed by atoms with van der Waals surface area (Å²) in [5.74, 6) is -0.725. The molecule has 2 atom stereocenters. The molecule has 1 aromatic rings.